The Balaban J connectivity index is 2.15. The number of hydrogen-bond donors (Lipinski definition) is 1. The van der Waals surface area contributed by atoms with E-state index in [-0.39, 0.29) is 12.1 Å². The lowest BCUT2D eigenvalue weighted by Gasteiger charge is -2.31. The second-order valence-corrected chi connectivity index (χ2v) is 6.24. The third-order valence-electron chi connectivity index (χ3n) is 3.24. The molecule has 0 bridgehead atoms. The summed E-state index contributed by atoms with van der Waals surface area (Å²) in [4.78, 5) is 2.75. The first kappa shape index (κ1) is 14.0. The highest BCUT2D eigenvalue weighted by molar-refractivity contribution is 7.12. The molecule has 0 spiro atoms. The van der Waals surface area contributed by atoms with Crippen LogP contribution in [0.3, 0.4) is 0 Å². The van der Waals surface area contributed by atoms with E-state index in [4.69, 9.17) is 9.47 Å². The maximum Gasteiger partial charge on any atom is 0.100 e. The molecule has 1 aliphatic rings. The van der Waals surface area contributed by atoms with Crippen LogP contribution >= 0.6 is 11.3 Å². The van der Waals surface area contributed by atoms with Gasteiger partial charge in [0.25, 0.3) is 0 Å². The number of ether oxygens (including phenoxy) is 2. The zero-order valence-electron chi connectivity index (χ0n) is 11.5. The minimum absolute atomic E-state index is 0.137. The van der Waals surface area contributed by atoms with Crippen molar-refractivity contribution < 1.29 is 9.47 Å². The molecule has 1 aromatic heterocycles. The van der Waals surface area contributed by atoms with Gasteiger partial charge in [-0.1, -0.05) is 6.92 Å². The van der Waals surface area contributed by atoms with Crippen LogP contribution in [0.2, 0.25) is 0 Å². The molecule has 0 radical (unpaired) electrons. The van der Waals surface area contributed by atoms with Crippen LogP contribution in [-0.4, -0.2) is 32.5 Å². The van der Waals surface area contributed by atoms with Gasteiger partial charge in [0.05, 0.1) is 25.9 Å². The normalized spacial score (nSPS) is 22.1. The van der Waals surface area contributed by atoms with Gasteiger partial charge in [0, 0.05) is 9.75 Å². The van der Waals surface area contributed by atoms with Gasteiger partial charge in [-0.05, 0) is 38.4 Å². The van der Waals surface area contributed by atoms with Crippen LogP contribution in [0.4, 0.5) is 0 Å². The summed E-state index contributed by atoms with van der Waals surface area (Å²) in [5, 5.41) is 3.61. The minimum Gasteiger partial charge on any atom is -0.376 e. The molecule has 1 fully saturated rings. The third-order valence-corrected chi connectivity index (χ3v) is 4.22. The van der Waals surface area contributed by atoms with Crippen molar-refractivity contribution in [2.75, 3.05) is 26.4 Å². The first-order valence-electron chi connectivity index (χ1n) is 6.72. The van der Waals surface area contributed by atoms with Crippen molar-refractivity contribution in [2.24, 2.45) is 0 Å². The Labute approximate surface area is 113 Å². The van der Waals surface area contributed by atoms with Crippen LogP contribution < -0.4 is 5.32 Å². The molecule has 0 amide bonds. The Morgan fingerprint density at radius 3 is 2.83 bits per heavy atom. The van der Waals surface area contributed by atoms with E-state index in [0.717, 1.165) is 19.6 Å². The second-order valence-electron chi connectivity index (χ2n) is 4.78. The SMILES string of the molecule is CCCNC(c1cc(C)sc1C)C1COCCO1. The average Bonchev–Trinajstić information content (AvgIpc) is 2.70. The van der Waals surface area contributed by atoms with Crippen molar-refractivity contribution in [1.29, 1.82) is 0 Å². The molecule has 18 heavy (non-hydrogen) atoms. The summed E-state index contributed by atoms with van der Waals surface area (Å²) in [6, 6.07) is 2.54. The Morgan fingerprint density at radius 1 is 1.44 bits per heavy atom. The monoisotopic (exact) mass is 269 g/mol. The lowest BCUT2D eigenvalue weighted by atomic mass is 10.0. The summed E-state index contributed by atoms with van der Waals surface area (Å²) in [6.45, 7) is 9.67. The van der Waals surface area contributed by atoms with Gasteiger partial charge in [0.2, 0.25) is 0 Å². The average molecular weight is 269 g/mol. The quantitative estimate of drug-likeness (QED) is 0.891. The van der Waals surface area contributed by atoms with Gasteiger partial charge in [0.1, 0.15) is 6.10 Å². The summed E-state index contributed by atoms with van der Waals surface area (Å²) in [7, 11) is 0. The van der Waals surface area contributed by atoms with Gasteiger partial charge in [-0.2, -0.15) is 0 Å². The van der Waals surface area contributed by atoms with Gasteiger partial charge < -0.3 is 14.8 Å². The largest absolute Gasteiger partial charge is 0.376 e. The maximum atomic E-state index is 5.87. The Morgan fingerprint density at radius 2 is 2.28 bits per heavy atom. The van der Waals surface area contributed by atoms with E-state index in [1.807, 2.05) is 11.3 Å². The third kappa shape index (κ3) is 3.32. The van der Waals surface area contributed by atoms with Crippen molar-refractivity contribution in [3.63, 3.8) is 0 Å². The van der Waals surface area contributed by atoms with Gasteiger partial charge in [0.15, 0.2) is 0 Å². The summed E-state index contributed by atoms with van der Waals surface area (Å²) in [6.07, 6.45) is 1.27. The molecule has 3 nitrogen and oxygen atoms in total. The fourth-order valence-electron chi connectivity index (χ4n) is 2.40. The number of aryl methyl sites for hydroxylation is 2. The zero-order chi connectivity index (χ0) is 13.0. The van der Waals surface area contributed by atoms with Crippen molar-refractivity contribution in [3.8, 4) is 0 Å². The smallest absolute Gasteiger partial charge is 0.100 e. The molecule has 2 rings (SSSR count). The molecule has 1 saturated heterocycles. The lowest BCUT2D eigenvalue weighted by Crippen LogP contribution is -2.41. The van der Waals surface area contributed by atoms with Gasteiger partial charge >= 0.3 is 0 Å². The number of thiophene rings is 1. The van der Waals surface area contributed by atoms with Gasteiger partial charge in [-0.3, -0.25) is 0 Å². The first-order chi connectivity index (χ1) is 8.72. The van der Waals surface area contributed by atoms with E-state index in [2.05, 4.69) is 32.2 Å². The number of rotatable bonds is 5. The van der Waals surface area contributed by atoms with E-state index in [0.29, 0.717) is 13.2 Å². The van der Waals surface area contributed by atoms with Crippen LogP contribution in [0.5, 0.6) is 0 Å². The van der Waals surface area contributed by atoms with E-state index in [9.17, 15) is 0 Å². The molecule has 1 aromatic rings. The second kappa shape index (κ2) is 6.66. The molecule has 0 aliphatic carbocycles. The number of hydrogen-bond acceptors (Lipinski definition) is 4. The van der Waals surface area contributed by atoms with Crippen molar-refractivity contribution in [2.45, 2.75) is 39.3 Å². The van der Waals surface area contributed by atoms with E-state index in [1.54, 1.807) is 0 Å². The van der Waals surface area contributed by atoms with E-state index < -0.39 is 0 Å². The van der Waals surface area contributed by atoms with Crippen LogP contribution in [0, 0.1) is 13.8 Å². The molecule has 1 aliphatic heterocycles. The predicted molar refractivity (Wildman–Crippen MR) is 75.4 cm³/mol. The molecule has 4 heteroatoms. The molecule has 0 saturated carbocycles. The summed E-state index contributed by atoms with van der Waals surface area (Å²) >= 11 is 1.86. The summed E-state index contributed by atoms with van der Waals surface area (Å²) in [5.74, 6) is 0. The van der Waals surface area contributed by atoms with Crippen LogP contribution in [0.1, 0.15) is 34.7 Å². The molecule has 0 aromatic carbocycles. The Bertz CT molecular complexity index is 372. The minimum atomic E-state index is 0.137. The van der Waals surface area contributed by atoms with E-state index >= 15 is 0 Å². The highest BCUT2D eigenvalue weighted by Gasteiger charge is 2.28. The molecule has 2 heterocycles. The van der Waals surface area contributed by atoms with Gasteiger partial charge in [-0.25, -0.2) is 0 Å². The standard InChI is InChI=1S/C14H23NO2S/c1-4-5-15-14(13-9-16-6-7-17-13)12-8-10(2)18-11(12)3/h8,13-15H,4-7,9H2,1-3H3. The zero-order valence-corrected chi connectivity index (χ0v) is 12.3. The summed E-state index contributed by atoms with van der Waals surface area (Å²) < 4.78 is 11.4. The molecular formula is C14H23NO2S. The van der Waals surface area contributed by atoms with Crippen LogP contribution in [0.15, 0.2) is 6.07 Å². The Hall–Kier alpha value is -0.420. The van der Waals surface area contributed by atoms with Crippen molar-refractivity contribution in [3.05, 3.63) is 21.4 Å². The molecule has 2 unspecified atom stereocenters. The fourth-order valence-corrected chi connectivity index (χ4v) is 3.37. The molecule has 102 valence electrons. The van der Waals surface area contributed by atoms with Gasteiger partial charge in [-0.15, -0.1) is 11.3 Å². The topological polar surface area (TPSA) is 30.5 Å². The fraction of sp³-hybridized carbons (Fsp3) is 0.714. The van der Waals surface area contributed by atoms with Crippen LogP contribution in [-0.2, 0) is 9.47 Å². The molecule has 1 N–H and O–H groups in total. The first-order valence-corrected chi connectivity index (χ1v) is 7.53. The summed E-state index contributed by atoms with van der Waals surface area (Å²) in [5.41, 5.74) is 1.38. The Kier molecular flexibility index (Phi) is 5.18. The maximum absolute atomic E-state index is 5.87. The molecular weight excluding hydrogens is 246 g/mol. The van der Waals surface area contributed by atoms with Crippen molar-refractivity contribution in [1.82, 2.24) is 5.32 Å². The van der Waals surface area contributed by atoms with Crippen LogP contribution in [0.25, 0.3) is 0 Å². The predicted octanol–water partition coefficient (Wildman–Crippen LogP) is 2.82. The van der Waals surface area contributed by atoms with E-state index in [1.165, 1.54) is 15.3 Å². The highest BCUT2D eigenvalue weighted by atomic mass is 32.1. The lowest BCUT2D eigenvalue weighted by molar-refractivity contribution is -0.102. The highest BCUT2D eigenvalue weighted by Crippen LogP contribution is 2.30. The van der Waals surface area contributed by atoms with Crippen molar-refractivity contribution >= 4 is 11.3 Å². The molecule has 2 atom stereocenters. The number of nitrogens with one attached hydrogen (secondary N) is 1.